The Bertz CT molecular complexity index is 1060. The van der Waals surface area contributed by atoms with Gasteiger partial charge in [0, 0.05) is 29.3 Å². The van der Waals surface area contributed by atoms with Crippen LogP contribution < -0.4 is 5.32 Å². The van der Waals surface area contributed by atoms with E-state index in [0.717, 1.165) is 56.9 Å². The average Bonchev–Trinajstić information content (AvgIpc) is 3.02. The Labute approximate surface area is 208 Å². The third-order valence-corrected chi connectivity index (χ3v) is 10.7. The molecular weight excluding hydrogens is 440 g/mol. The fourth-order valence-corrected chi connectivity index (χ4v) is 9.11. The molecule has 1 spiro atoms. The van der Waals surface area contributed by atoms with Crippen LogP contribution in [0.2, 0.25) is 0 Å². The van der Waals surface area contributed by atoms with Crippen LogP contribution in [0.4, 0.5) is 4.79 Å². The number of Topliss-reactive ketones (excluding diaryl/α,β-unsaturated/α-hetero) is 1. The first-order valence-electron chi connectivity index (χ1n) is 13.2. The van der Waals surface area contributed by atoms with E-state index in [1.807, 2.05) is 30.3 Å². The second-order valence-corrected chi connectivity index (χ2v) is 12.6. The van der Waals surface area contributed by atoms with Gasteiger partial charge in [-0.2, -0.15) is 0 Å². The van der Waals surface area contributed by atoms with E-state index in [-0.39, 0.29) is 34.3 Å². The van der Waals surface area contributed by atoms with Crippen LogP contribution in [-0.2, 0) is 16.1 Å². The molecule has 1 N–H and O–H groups in total. The number of hydrogen-bond acceptors (Lipinski definition) is 4. The van der Waals surface area contributed by atoms with Gasteiger partial charge < -0.3 is 10.1 Å². The van der Waals surface area contributed by atoms with E-state index >= 15 is 0 Å². The lowest BCUT2D eigenvalue weighted by atomic mass is 9.39. The minimum Gasteiger partial charge on any atom is -0.445 e. The Kier molecular flexibility index (Phi) is 5.90. The molecule has 2 bridgehead atoms. The van der Waals surface area contributed by atoms with E-state index in [0.29, 0.717) is 24.2 Å². The van der Waals surface area contributed by atoms with Crippen LogP contribution in [0.5, 0.6) is 0 Å². The molecule has 0 radical (unpaired) electrons. The molecule has 0 aliphatic heterocycles. The number of nitrogens with one attached hydrogen (secondary N) is 1. The van der Waals surface area contributed by atoms with Crippen molar-refractivity contribution in [3.63, 3.8) is 0 Å². The van der Waals surface area contributed by atoms with Crippen LogP contribution in [0.3, 0.4) is 0 Å². The molecule has 7 nitrogen and oxygen atoms in total. The third-order valence-electron chi connectivity index (χ3n) is 10.7. The van der Waals surface area contributed by atoms with Crippen LogP contribution in [0.25, 0.3) is 10.4 Å². The van der Waals surface area contributed by atoms with Crippen LogP contribution in [0, 0.1) is 33.5 Å². The molecule has 1 amide bonds. The number of azide groups is 1. The van der Waals surface area contributed by atoms with Crippen molar-refractivity contribution in [3.8, 4) is 0 Å². The van der Waals surface area contributed by atoms with Crippen LogP contribution in [0.1, 0.15) is 77.7 Å². The fraction of sp³-hybridized carbons (Fsp3) is 0.714. The molecule has 35 heavy (non-hydrogen) atoms. The first kappa shape index (κ1) is 24.2. The van der Waals surface area contributed by atoms with Gasteiger partial charge in [0.05, 0.1) is 0 Å². The minimum absolute atomic E-state index is 0.0655. The lowest BCUT2D eigenvalue weighted by Crippen LogP contribution is -2.64. The molecule has 5 rings (SSSR count). The molecule has 4 fully saturated rings. The number of carbonyl (C=O) groups excluding carboxylic acids is 2. The SMILES string of the molecule is C[C@@]12CC[C@@H]3[C@@](CC[C@@H]4[C@](C)(CN=[N+]=[N-])[C@H](NC(=O)OCc5ccccc5)CC[C@]43C)(CC1=O)C2. The number of ketones is 1. The summed E-state index contributed by atoms with van der Waals surface area (Å²) in [5.41, 5.74) is 9.84. The molecule has 0 saturated heterocycles. The van der Waals surface area contributed by atoms with Crippen molar-refractivity contribution < 1.29 is 14.3 Å². The molecule has 7 atom stereocenters. The van der Waals surface area contributed by atoms with Crippen molar-refractivity contribution in [2.24, 2.45) is 38.6 Å². The topological polar surface area (TPSA) is 104 Å². The standard InChI is InChI=1S/C28H38N4O3/c1-25-12-9-21-26(2)13-11-22(31-24(34)35-16-19-7-5-4-6-8-19)27(3,18-30-32-29)20(26)10-14-28(21,17-25)15-23(25)33/h4-8,20-22H,9-18H2,1-3H3,(H,31,34)/t20-,21-,22+,25-,26+,27-,28-/m0/s1. The largest absolute Gasteiger partial charge is 0.445 e. The molecule has 0 unspecified atom stereocenters. The first-order chi connectivity index (χ1) is 16.7. The predicted molar refractivity (Wildman–Crippen MR) is 133 cm³/mol. The van der Waals surface area contributed by atoms with Gasteiger partial charge in [-0.05, 0) is 84.1 Å². The molecule has 0 heterocycles. The molecule has 188 valence electrons. The van der Waals surface area contributed by atoms with Crippen LogP contribution >= 0.6 is 0 Å². The van der Waals surface area contributed by atoms with Crippen LogP contribution in [0.15, 0.2) is 35.4 Å². The molecule has 1 aromatic carbocycles. The van der Waals surface area contributed by atoms with E-state index in [9.17, 15) is 15.1 Å². The number of nitrogens with zero attached hydrogens (tertiary/aromatic N) is 3. The summed E-state index contributed by atoms with van der Waals surface area (Å²) < 4.78 is 5.55. The van der Waals surface area contributed by atoms with E-state index in [1.165, 1.54) is 0 Å². The zero-order valence-electron chi connectivity index (χ0n) is 21.3. The van der Waals surface area contributed by atoms with Crippen LogP contribution in [-0.4, -0.2) is 24.5 Å². The summed E-state index contributed by atoms with van der Waals surface area (Å²) in [5, 5.41) is 7.20. The Morgan fingerprint density at radius 2 is 1.86 bits per heavy atom. The second kappa shape index (κ2) is 8.55. The van der Waals surface area contributed by atoms with Gasteiger partial charge >= 0.3 is 6.09 Å². The molecule has 0 aromatic heterocycles. The smallest absolute Gasteiger partial charge is 0.407 e. The summed E-state index contributed by atoms with van der Waals surface area (Å²) in [6.45, 7) is 7.38. The van der Waals surface area contributed by atoms with Gasteiger partial charge in [-0.15, -0.1) is 0 Å². The van der Waals surface area contributed by atoms with E-state index in [1.54, 1.807) is 0 Å². The van der Waals surface area contributed by atoms with E-state index in [2.05, 4.69) is 36.1 Å². The molecule has 4 aliphatic carbocycles. The predicted octanol–water partition coefficient (Wildman–Crippen LogP) is 6.57. The van der Waals surface area contributed by atoms with Crippen molar-refractivity contribution in [1.82, 2.24) is 5.32 Å². The number of fused-ring (bicyclic) bond motifs is 3. The highest BCUT2D eigenvalue weighted by Crippen LogP contribution is 2.72. The monoisotopic (exact) mass is 478 g/mol. The summed E-state index contributed by atoms with van der Waals surface area (Å²) in [6, 6.07) is 9.54. The fourth-order valence-electron chi connectivity index (χ4n) is 9.11. The molecule has 4 saturated carbocycles. The maximum atomic E-state index is 13.0. The number of ether oxygens (including phenoxy) is 1. The zero-order valence-corrected chi connectivity index (χ0v) is 21.3. The minimum atomic E-state index is -0.420. The maximum Gasteiger partial charge on any atom is 0.407 e. The van der Waals surface area contributed by atoms with Crippen molar-refractivity contribution >= 4 is 11.9 Å². The molecule has 1 aromatic rings. The molecule has 7 heteroatoms. The van der Waals surface area contributed by atoms with Crippen molar-refractivity contribution in [2.75, 3.05) is 6.54 Å². The normalized spacial score (nSPS) is 41.8. The zero-order chi connectivity index (χ0) is 24.9. The Morgan fingerprint density at radius 1 is 1.11 bits per heavy atom. The summed E-state index contributed by atoms with van der Waals surface area (Å²) in [4.78, 5) is 28.9. The lowest BCUT2D eigenvalue weighted by Gasteiger charge is -2.66. The van der Waals surface area contributed by atoms with Crippen molar-refractivity contribution in [3.05, 3.63) is 46.3 Å². The number of hydrogen-bond donors (Lipinski definition) is 1. The van der Waals surface area contributed by atoms with Gasteiger partial charge in [0.15, 0.2) is 0 Å². The maximum absolute atomic E-state index is 13.0. The number of amides is 1. The van der Waals surface area contributed by atoms with Gasteiger partial charge in [-0.1, -0.05) is 56.2 Å². The quantitative estimate of drug-likeness (QED) is 0.294. The number of carbonyl (C=O) groups is 2. The lowest BCUT2D eigenvalue weighted by molar-refractivity contribution is -0.160. The number of benzene rings is 1. The van der Waals surface area contributed by atoms with Gasteiger partial charge in [0.1, 0.15) is 12.4 Å². The average molecular weight is 479 g/mol. The summed E-state index contributed by atoms with van der Waals surface area (Å²) >= 11 is 0. The van der Waals surface area contributed by atoms with Gasteiger partial charge in [0.2, 0.25) is 0 Å². The molecular formula is C28H38N4O3. The first-order valence-corrected chi connectivity index (χ1v) is 13.2. The molecule has 4 aliphatic rings. The summed E-state index contributed by atoms with van der Waals surface area (Å²) in [7, 11) is 0. The highest BCUT2D eigenvalue weighted by molar-refractivity contribution is 5.88. The number of alkyl carbamates (subject to hydrolysis) is 1. The summed E-state index contributed by atoms with van der Waals surface area (Å²) in [6.07, 6.45) is 7.32. The Balaban J connectivity index is 1.37. The Morgan fingerprint density at radius 3 is 2.60 bits per heavy atom. The summed E-state index contributed by atoms with van der Waals surface area (Å²) in [5.74, 6) is 1.28. The highest BCUT2D eigenvalue weighted by Gasteiger charge is 2.68. The number of rotatable bonds is 5. The van der Waals surface area contributed by atoms with Gasteiger partial charge in [-0.25, -0.2) is 4.79 Å². The third kappa shape index (κ3) is 3.83. The van der Waals surface area contributed by atoms with E-state index < -0.39 is 6.09 Å². The van der Waals surface area contributed by atoms with Gasteiger partial charge in [-0.3, -0.25) is 4.79 Å². The van der Waals surface area contributed by atoms with E-state index in [4.69, 9.17) is 4.74 Å². The second-order valence-electron chi connectivity index (χ2n) is 12.6. The highest BCUT2D eigenvalue weighted by atomic mass is 16.5. The van der Waals surface area contributed by atoms with Gasteiger partial charge in [0.25, 0.3) is 0 Å². The van der Waals surface area contributed by atoms with Crippen molar-refractivity contribution in [1.29, 1.82) is 0 Å². The van der Waals surface area contributed by atoms with Crippen molar-refractivity contribution in [2.45, 2.75) is 84.8 Å². The Hall–Kier alpha value is -2.53.